The molecule has 0 bridgehead atoms. The number of anilines is 1. The van der Waals surface area contributed by atoms with E-state index in [9.17, 15) is 14.7 Å². The van der Waals surface area contributed by atoms with Crippen molar-refractivity contribution in [1.29, 1.82) is 0 Å². The fraction of sp³-hybridized carbons (Fsp3) is 0.467. The lowest BCUT2D eigenvalue weighted by Gasteiger charge is -2.40. The van der Waals surface area contributed by atoms with E-state index < -0.39 is 6.10 Å². The van der Waals surface area contributed by atoms with Crippen LogP contribution in [0.15, 0.2) is 53.5 Å². The van der Waals surface area contributed by atoms with Gasteiger partial charge >= 0.3 is 0 Å². The predicted molar refractivity (Wildman–Crippen MR) is 163 cm³/mol. The maximum absolute atomic E-state index is 12.8. The zero-order valence-corrected chi connectivity index (χ0v) is 25.1. The summed E-state index contributed by atoms with van der Waals surface area (Å²) in [7, 11) is 0. The summed E-state index contributed by atoms with van der Waals surface area (Å²) in [4.78, 5) is 37.2. The van der Waals surface area contributed by atoms with Crippen molar-refractivity contribution in [2.45, 2.75) is 52.0 Å². The molecule has 226 valence electrons. The Labute approximate surface area is 253 Å². The minimum atomic E-state index is -0.700. The van der Waals surface area contributed by atoms with Gasteiger partial charge in [-0.25, -0.2) is 9.97 Å². The van der Waals surface area contributed by atoms with Crippen molar-refractivity contribution in [3.05, 3.63) is 71.6 Å². The number of aromatic nitrogens is 2. The van der Waals surface area contributed by atoms with Crippen molar-refractivity contribution in [3.8, 4) is 5.75 Å². The quantitative estimate of drug-likeness (QED) is 0.289. The molecule has 0 saturated carbocycles. The number of pyridine rings is 1. The largest absolute Gasteiger partial charge is 0.486 e. The topological polar surface area (TPSA) is 133 Å². The summed E-state index contributed by atoms with van der Waals surface area (Å²) in [6.07, 6.45) is 5.32. The van der Waals surface area contributed by atoms with Crippen molar-refractivity contribution in [2.75, 3.05) is 38.0 Å². The summed E-state index contributed by atoms with van der Waals surface area (Å²) >= 11 is 0. The number of nitrogens with one attached hydrogen (secondary N) is 2. The SMILES string of the molecule is CC(C)CC(=O)N1CC(Nc2cc(C(=O)NC[C@H](O)CN3CCc4cc(OCc5cnco5)ccc4C3)ccn2)C1.S. The molecule has 42 heavy (non-hydrogen) atoms. The van der Waals surface area contributed by atoms with Crippen LogP contribution in [0.1, 0.15) is 47.5 Å². The number of aliphatic hydroxyl groups excluding tert-OH is 1. The molecule has 12 heteroatoms. The Kier molecular flexibility index (Phi) is 10.8. The van der Waals surface area contributed by atoms with Crippen LogP contribution in [-0.2, 0) is 24.4 Å². The van der Waals surface area contributed by atoms with E-state index in [1.165, 1.54) is 17.5 Å². The summed E-state index contributed by atoms with van der Waals surface area (Å²) < 4.78 is 11.0. The minimum Gasteiger partial charge on any atom is -0.486 e. The molecule has 3 aromatic rings. The van der Waals surface area contributed by atoms with Gasteiger partial charge in [0.05, 0.1) is 18.3 Å². The molecule has 1 aromatic carbocycles. The molecule has 11 nitrogen and oxygen atoms in total. The molecule has 0 radical (unpaired) electrons. The van der Waals surface area contributed by atoms with E-state index >= 15 is 0 Å². The van der Waals surface area contributed by atoms with E-state index in [1.54, 1.807) is 24.5 Å². The molecular formula is C30H40N6O5S. The first-order valence-corrected chi connectivity index (χ1v) is 14.1. The van der Waals surface area contributed by atoms with Crippen molar-refractivity contribution >= 4 is 31.1 Å². The summed E-state index contributed by atoms with van der Waals surface area (Å²) in [5.74, 6) is 2.30. The van der Waals surface area contributed by atoms with Crippen molar-refractivity contribution in [3.63, 3.8) is 0 Å². The van der Waals surface area contributed by atoms with Gasteiger partial charge in [-0.1, -0.05) is 19.9 Å². The summed E-state index contributed by atoms with van der Waals surface area (Å²) in [5, 5.41) is 16.8. The molecule has 1 saturated heterocycles. The van der Waals surface area contributed by atoms with Gasteiger partial charge in [0.1, 0.15) is 18.2 Å². The van der Waals surface area contributed by atoms with Crippen LogP contribution in [-0.4, -0.2) is 81.6 Å². The Morgan fingerprint density at radius 3 is 2.79 bits per heavy atom. The average molecular weight is 597 g/mol. The molecule has 2 aliphatic heterocycles. The second-order valence-corrected chi connectivity index (χ2v) is 11.2. The molecule has 0 spiro atoms. The number of hydrogen-bond donors (Lipinski definition) is 3. The number of aliphatic hydroxyl groups is 1. The molecule has 1 atom stereocenters. The van der Waals surface area contributed by atoms with Gasteiger partial charge in [-0.15, -0.1) is 0 Å². The van der Waals surface area contributed by atoms with Gasteiger partial charge in [0.25, 0.3) is 5.91 Å². The van der Waals surface area contributed by atoms with Crippen LogP contribution in [0.3, 0.4) is 0 Å². The molecule has 1 fully saturated rings. The first-order valence-electron chi connectivity index (χ1n) is 14.1. The second-order valence-electron chi connectivity index (χ2n) is 11.2. The van der Waals surface area contributed by atoms with E-state index in [0.29, 0.717) is 55.7 Å². The molecule has 5 rings (SSSR count). The zero-order valence-electron chi connectivity index (χ0n) is 24.1. The molecule has 0 unspecified atom stereocenters. The van der Waals surface area contributed by atoms with Crippen LogP contribution >= 0.6 is 13.5 Å². The zero-order chi connectivity index (χ0) is 28.8. The Bertz CT molecular complexity index is 1330. The summed E-state index contributed by atoms with van der Waals surface area (Å²) in [5.41, 5.74) is 2.91. The van der Waals surface area contributed by atoms with E-state index in [1.807, 2.05) is 24.8 Å². The molecule has 3 N–H and O–H groups in total. The third kappa shape index (κ3) is 8.46. The number of fused-ring (bicyclic) bond motifs is 1. The van der Waals surface area contributed by atoms with Crippen molar-refractivity contribution in [1.82, 2.24) is 25.1 Å². The highest BCUT2D eigenvalue weighted by molar-refractivity contribution is 7.59. The Morgan fingerprint density at radius 1 is 1.19 bits per heavy atom. The van der Waals surface area contributed by atoms with Crippen LogP contribution in [0, 0.1) is 5.92 Å². The Hall–Kier alpha value is -3.61. The number of benzene rings is 1. The van der Waals surface area contributed by atoms with Crippen LogP contribution in [0.5, 0.6) is 5.75 Å². The smallest absolute Gasteiger partial charge is 0.251 e. The number of carbonyl (C=O) groups is 2. The number of likely N-dealkylation sites (tertiary alicyclic amines) is 1. The maximum Gasteiger partial charge on any atom is 0.251 e. The van der Waals surface area contributed by atoms with E-state index in [2.05, 4.69) is 37.6 Å². The highest BCUT2D eigenvalue weighted by Crippen LogP contribution is 2.25. The lowest BCUT2D eigenvalue weighted by atomic mass is 9.99. The number of hydrogen-bond acceptors (Lipinski definition) is 9. The number of carbonyl (C=O) groups excluding carboxylic acids is 2. The van der Waals surface area contributed by atoms with Gasteiger partial charge in [-0.2, -0.15) is 13.5 Å². The Morgan fingerprint density at radius 2 is 2.02 bits per heavy atom. The molecule has 2 amide bonds. The van der Waals surface area contributed by atoms with Crippen LogP contribution in [0.4, 0.5) is 5.82 Å². The lowest BCUT2D eigenvalue weighted by molar-refractivity contribution is -0.135. The van der Waals surface area contributed by atoms with E-state index in [4.69, 9.17) is 9.15 Å². The van der Waals surface area contributed by atoms with E-state index in [-0.39, 0.29) is 37.9 Å². The first-order chi connectivity index (χ1) is 19.8. The lowest BCUT2D eigenvalue weighted by Crippen LogP contribution is -2.57. The highest BCUT2D eigenvalue weighted by Gasteiger charge is 2.31. The minimum absolute atomic E-state index is 0. The van der Waals surface area contributed by atoms with Crippen molar-refractivity contribution < 1.29 is 23.8 Å². The standard InChI is InChI=1S/C30H38N6O5.H2S/c1-20(2)9-29(38)36-15-24(16-36)34-28-11-22(5-7-32-28)30(39)33-12-25(37)17-35-8-6-21-10-26(4-3-23(21)14-35)40-18-27-13-31-19-41-27;/h3-5,7,10-11,13,19-20,24-25,37H,6,8-9,12,14-18H2,1-2H3,(H,32,34)(H,33,39);1H2/t25-;/m0./s1. The van der Waals surface area contributed by atoms with Crippen LogP contribution in [0.25, 0.3) is 0 Å². The van der Waals surface area contributed by atoms with Crippen LogP contribution in [0.2, 0.25) is 0 Å². The predicted octanol–water partition coefficient (Wildman–Crippen LogP) is 2.58. The van der Waals surface area contributed by atoms with Gasteiger partial charge in [-0.3, -0.25) is 14.5 Å². The average Bonchev–Trinajstić information content (AvgIpc) is 3.46. The normalized spacial score (nSPS) is 15.8. The Balaban J connectivity index is 0.00000405. The van der Waals surface area contributed by atoms with E-state index in [0.717, 1.165) is 25.3 Å². The second kappa shape index (κ2) is 14.5. The number of amides is 2. The first kappa shape index (κ1) is 31.3. The van der Waals surface area contributed by atoms with Gasteiger partial charge in [0, 0.05) is 57.4 Å². The van der Waals surface area contributed by atoms with Gasteiger partial charge in [-0.05, 0) is 47.7 Å². The summed E-state index contributed by atoms with van der Waals surface area (Å²) in [6.45, 7) is 7.82. The number of β-amino-alcohol motifs (C(OH)–C–C–N with tert-alkyl or cyclic N) is 1. The number of nitrogens with zero attached hydrogens (tertiary/aromatic N) is 4. The summed E-state index contributed by atoms with van der Waals surface area (Å²) in [6, 6.07) is 9.53. The molecule has 0 aliphatic carbocycles. The number of oxazole rings is 1. The maximum atomic E-state index is 12.8. The van der Waals surface area contributed by atoms with Crippen LogP contribution < -0.4 is 15.4 Å². The number of ether oxygens (including phenoxy) is 1. The highest BCUT2D eigenvalue weighted by atomic mass is 32.1. The van der Waals surface area contributed by atoms with Gasteiger partial charge in [0.15, 0.2) is 12.2 Å². The third-order valence-corrected chi connectivity index (χ3v) is 7.29. The fourth-order valence-corrected chi connectivity index (χ4v) is 5.09. The van der Waals surface area contributed by atoms with Gasteiger partial charge in [0.2, 0.25) is 5.91 Å². The number of rotatable bonds is 12. The monoisotopic (exact) mass is 596 g/mol. The molecular weight excluding hydrogens is 556 g/mol. The third-order valence-electron chi connectivity index (χ3n) is 7.29. The van der Waals surface area contributed by atoms with Crippen molar-refractivity contribution in [2.24, 2.45) is 5.92 Å². The molecule has 2 aliphatic rings. The fourth-order valence-electron chi connectivity index (χ4n) is 5.09. The van der Waals surface area contributed by atoms with Gasteiger partial charge < -0.3 is 29.8 Å². The molecule has 2 aromatic heterocycles. The molecule has 4 heterocycles.